The maximum Gasteiger partial charge on any atom is 1.00 e. The van der Waals surface area contributed by atoms with Gasteiger partial charge in [-0.3, -0.25) is 0 Å². The molecule has 0 aliphatic heterocycles. The summed E-state index contributed by atoms with van der Waals surface area (Å²) in [6, 6.07) is 0. The van der Waals surface area contributed by atoms with Crippen molar-refractivity contribution in [3.63, 3.8) is 0 Å². The summed E-state index contributed by atoms with van der Waals surface area (Å²) in [7, 11) is 0. The van der Waals surface area contributed by atoms with Gasteiger partial charge in [0.05, 0.1) is 0 Å². The van der Waals surface area contributed by atoms with Crippen LogP contribution in [0.15, 0.2) is 0 Å². The summed E-state index contributed by atoms with van der Waals surface area (Å²) in [6.07, 6.45) is 2.86. The molecular formula is C20H44K4O4. The van der Waals surface area contributed by atoms with Gasteiger partial charge in [-0.15, -0.1) is 22.4 Å². The quantitative estimate of drug-likeness (QED) is 0.356. The molecule has 0 aromatic heterocycles. The average molecular weight is 505 g/mol. The number of hydrogen-bond donors (Lipinski definition) is 0. The monoisotopic (exact) mass is 504 g/mol. The third-order valence-electron chi connectivity index (χ3n) is 3.41. The van der Waals surface area contributed by atoms with Crippen LogP contribution in [0.2, 0.25) is 0 Å². The Balaban J connectivity index is -0.0000000303. The van der Waals surface area contributed by atoms with E-state index in [2.05, 4.69) is 0 Å². The summed E-state index contributed by atoms with van der Waals surface area (Å²) < 4.78 is 0. The molecule has 0 fully saturated rings. The first-order valence-electron chi connectivity index (χ1n) is 9.06. The zero-order valence-corrected chi connectivity index (χ0v) is 35.0. The molecule has 8 heteroatoms. The molecule has 0 saturated heterocycles. The van der Waals surface area contributed by atoms with Gasteiger partial charge in [0.2, 0.25) is 0 Å². The van der Waals surface area contributed by atoms with E-state index in [1.54, 1.807) is 55.4 Å². The van der Waals surface area contributed by atoms with Crippen LogP contribution in [0.5, 0.6) is 0 Å². The summed E-state index contributed by atoms with van der Waals surface area (Å²) >= 11 is 0. The van der Waals surface area contributed by atoms with E-state index in [9.17, 15) is 20.4 Å². The molecule has 0 aromatic rings. The maximum atomic E-state index is 10.5. The van der Waals surface area contributed by atoms with Gasteiger partial charge < -0.3 is 20.4 Å². The molecule has 28 heavy (non-hydrogen) atoms. The van der Waals surface area contributed by atoms with E-state index in [1.807, 2.05) is 27.7 Å². The minimum Gasteiger partial charge on any atom is -0.850 e. The van der Waals surface area contributed by atoms with Crippen molar-refractivity contribution in [3.05, 3.63) is 0 Å². The van der Waals surface area contributed by atoms with E-state index in [0.717, 1.165) is 0 Å². The molecule has 0 N–H and O–H groups in total. The zero-order valence-electron chi connectivity index (χ0n) is 22.5. The maximum absolute atomic E-state index is 10.5. The van der Waals surface area contributed by atoms with Gasteiger partial charge in [-0.25, -0.2) is 0 Å². The average Bonchev–Trinajstić information content (AvgIpc) is 2.37. The third-order valence-corrected chi connectivity index (χ3v) is 3.41. The van der Waals surface area contributed by atoms with Crippen molar-refractivity contribution in [2.24, 2.45) is 0 Å². The van der Waals surface area contributed by atoms with E-state index in [1.165, 1.54) is 0 Å². The van der Waals surface area contributed by atoms with Crippen LogP contribution in [-0.4, -0.2) is 22.4 Å². The fourth-order valence-corrected chi connectivity index (χ4v) is 0. The van der Waals surface area contributed by atoms with Crippen molar-refractivity contribution in [1.82, 2.24) is 0 Å². The van der Waals surface area contributed by atoms with E-state index in [4.69, 9.17) is 0 Å². The van der Waals surface area contributed by atoms with Crippen LogP contribution >= 0.6 is 0 Å². The van der Waals surface area contributed by atoms with Crippen molar-refractivity contribution in [3.8, 4) is 0 Å². The predicted octanol–water partition coefficient (Wildman–Crippen LogP) is -9.84. The largest absolute Gasteiger partial charge is 1.00 e. The van der Waals surface area contributed by atoms with E-state index >= 15 is 0 Å². The minimum absolute atomic E-state index is 0. The zero-order chi connectivity index (χ0) is 20.8. The Morgan fingerprint density at radius 1 is 0.357 bits per heavy atom. The summed E-state index contributed by atoms with van der Waals surface area (Å²) in [4.78, 5) is 0. The van der Waals surface area contributed by atoms with Crippen LogP contribution in [0, 0.1) is 0 Å². The summed E-state index contributed by atoms with van der Waals surface area (Å²) in [5, 5.41) is 41.9. The van der Waals surface area contributed by atoms with Crippen LogP contribution in [0.3, 0.4) is 0 Å². The van der Waals surface area contributed by atoms with Crippen LogP contribution in [0.4, 0.5) is 0 Å². The van der Waals surface area contributed by atoms with Gasteiger partial charge in [0.1, 0.15) is 0 Å². The van der Waals surface area contributed by atoms with Crippen LogP contribution < -0.4 is 226 Å². The molecule has 0 amide bonds. The molecular weight excluding hydrogens is 461 g/mol. The summed E-state index contributed by atoms with van der Waals surface area (Å²) in [5.74, 6) is 0. The van der Waals surface area contributed by atoms with Gasteiger partial charge in [0, 0.05) is 0 Å². The van der Waals surface area contributed by atoms with Gasteiger partial charge in [-0.05, 0) is 0 Å². The van der Waals surface area contributed by atoms with Crippen LogP contribution in [-0.2, 0) is 0 Å². The second-order valence-electron chi connectivity index (χ2n) is 8.45. The molecule has 0 rings (SSSR count). The number of hydrogen-bond acceptors (Lipinski definition) is 4. The van der Waals surface area contributed by atoms with Gasteiger partial charge in [-0.1, -0.05) is 109 Å². The first-order valence-corrected chi connectivity index (χ1v) is 9.06. The minimum atomic E-state index is -0.708. The molecule has 0 unspecified atom stereocenters. The Kier molecular flexibility index (Phi) is 58.2. The van der Waals surface area contributed by atoms with Crippen molar-refractivity contribution in [2.75, 3.05) is 0 Å². The predicted molar refractivity (Wildman–Crippen MR) is 97.5 cm³/mol. The van der Waals surface area contributed by atoms with Gasteiger partial charge in [-0.2, -0.15) is 0 Å². The molecule has 0 saturated carbocycles. The standard InChI is InChI=1S/4C5H11O.4K/c4*1-4-5(2,3)6;;;;/h4*4H2,1-3H3;;;;/q4*-1;4*+1. The normalized spacial score (nSPS) is 10.3. The van der Waals surface area contributed by atoms with Crippen molar-refractivity contribution in [1.29, 1.82) is 0 Å². The Morgan fingerprint density at radius 2 is 0.393 bits per heavy atom. The second-order valence-corrected chi connectivity index (χ2v) is 8.45. The molecule has 0 aliphatic carbocycles. The second kappa shape index (κ2) is 29.6. The molecule has 0 aliphatic rings. The fourth-order valence-electron chi connectivity index (χ4n) is 0. The first kappa shape index (κ1) is 55.1. The SMILES string of the molecule is CCC(C)(C)[O-].CCC(C)(C)[O-].CCC(C)(C)[O-].CCC(C)(C)[O-].[K+].[K+].[K+].[K+]. The van der Waals surface area contributed by atoms with Crippen LogP contribution in [0.1, 0.15) is 109 Å². The van der Waals surface area contributed by atoms with E-state index < -0.39 is 22.4 Å². The molecule has 0 spiro atoms. The molecule has 0 radical (unpaired) electrons. The third kappa shape index (κ3) is 94.4. The van der Waals surface area contributed by atoms with E-state index in [-0.39, 0.29) is 206 Å². The molecule has 0 atom stereocenters. The van der Waals surface area contributed by atoms with Gasteiger partial charge in [0.25, 0.3) is 0 Å². The van der Waals surface area contributed by atoms with Gasteiger partial charge >= 0.3 is 206 Å². The molecule has 152 valence electrons. The molecule has 0 aromatic carbocycles. The number of rotatable bonds is 4. The smallest absolute Gasteiger partial charge is 0.850 e. The molecule has 0 heterocycles. The Labute approximate surface area is 348 Å². The Morgan fingerprint density at radius 3 is 0.393 bits per heavy atom. The van der Waals surface area contributed by atoms with E-state index in [0.29, 0.717) is 25.7 Å². The summed E-state index contributed by atoms with van der Waals surface area (Å²) in [6.45, 7) is 21.1. The molecule has 4 nitrogen and oxygen atoms in total. The van der Waals surface area contributed by atoms with Crippen LogP contribution in [0.25, 0.3) is 0 Å². The first-order chi connectivity index (χ1) is 10.2. The van der Waals surface area contributed by atoms with Crippen molar-refractivity contribution >= 4 is 0 Å². The topological polar surface area (TPSA) is 92.2 Å². The molecule has 0 bridgehead atoms. The Hall–Kier alpha value is 6.39. The Bertz CT molecular complexity index is 207. The van der Waals surface area contributed by atoms with Gasteiger partial charge in [0.15, 0.2) is 0 Å². The fraction of sp³-hybridized carbons (Fsp3) is 1.00. The van der Waals surface area contributed by atoms with Crippen molar-refractivity contribution < 1.29 is 226 Å². The summed E-state index contributed by atoms with van der Waals surface area (Å²) in [5.41, 5.74) is -2.83. The van der Waals surface area contributed by atoms with Crippen molar-refractivity contribution in [2.45, 2.75) is 131 Å².